The Balaban J connectivity index is 1.58. The first-order chi connectivity index (χ1) is 17.4. The van der Waals surface area contributed by atoms with Crippen LogP contribution in [0, 0.1) is 20.8 Å². The molecule has 1 fully saturated rings. The van der Waals surface area contributed by atoms with Crippen molar-refractivity contribution in [2.75, 3.05) is 52.0 Å². The molecule has 1 aromatic heterocycles. The number of rotatable bonds is 9. The van der Waals surface area contributed by atoms with E-state index in [1.54, 1.807) is 14.2 Å². The molecule has 36 heavy (non-hydrogen) atoms. The van der Waals surface area contributed by atoms with Gasteiger partial charge in [-0.3, -0.25) is 4.79 Å². The summed E-state index contributed by atoms with van der Waals surface area (Å²) in [4.78, 5) is 15.9. The predicted octanol–water partition coefficient (Wildman–Crippen LogP) is 4.29. The van der Waals surface area contributed by atoms with E-state index in [0.29, 0.717) is 44.2 Å². The van der Waals surface area contributed by atoms with Gasteiger partial charge >= 0.3 is 0 Å². The minimum Gasteiger partial charge on any atom is -0.493 e. The van der Waals surface area contributed by atoms with Gasteiger partial charge in [-0.1, -0.05) is 35.9 Å². The van der Waals surface area contributed by atoms with E-state index in [9.17, 15) is 4.79 Å². The van der Waals surface area contributed by atoms with Crippen LogP contribution in [0.15, 0.2) is 42.5 Å². The normalized spacial score (nSPS) is 13.5. The first-order valence-corrected chi connectivity index (χ1v) is 12.5. The molecule has 1 aliphatic heterocycles. The van der Waals surface area contributed by atoms with E-state index in [-0.39, 0.29) is 5.91 Å². The lowest BCUT2D eigenvalue weighted by molar-refractivity contribution is 0.0944. The van der Waals surface area contributed by atoms with Crippen LogP contribution in [0.25, 0.3) is 0 Å². The minimum absolute atomic E-state index is 0.0526. The number of hydrogen-bond donors (Lipinski definition) is 1. The number of ether oxygens (including phenoxy) is 3. The molecule has 2 aromatic carbocycles. The van der Waals surface area contributed by atoms with Gasteiger partial charge in [0.05, 0.1) is 33.1 Å². The van der Waals surface area contributed by atoms with Crippen LogP contribution in [-0.4, -0.2) is 57.5 Å². The lowest BCUT2D eigenvalue weighted by atomic mass is 10.1. The fraction of sp³-hybridized carbons (Fsp3) is 0.414. The molecule has 3 aromatic rings. The van der Waals surface area contributed by atoms with Crippen molar-refractivity contribution >= 4 is 11.6 Å². The molecule has 0 radical (unpaired) electrons. The van der Waals surface area contributed by atoms with Crippen molar-refractivity contribution in [3.8, 4) is 11.5 Å². The van der Waals surface area contributed by atoms with Crippen LogP contribution >= 0.6 is 0 Å². The standard InChI is InChI=1S/C29H37N3O4/c1-20-7-6-8-24(17-20)19-32-22(3)27(31-13-15-36-16-14-31)21(2)28(32)29(33)30-12-11-23-9-10-25(34-4)26(18-23)35-5/h6-10,17-18H,11-16,19H2,1-5H3,(H,30,33). The molecule has 7 nitrogen and oxygen atoms in total. The average molecular weight is 492 g/mol. The van der Waals surface area contributed by atoms with Crippen molar-refractivity contribution < 1.29 is 19.0 Å². The first-order valence-electron chi connectivity index (χ1n) is 12.5. The quantitative estimate of drug-likeness (QED) is 0.484. The number of carbonyl (C=O) groups excluding carboxylic acids is 1. The minimum atomic E-state index is -0.0526. The first kappa shape index (κ1) is 25.6. The summed E-state index contributed by atoms with van der Waals surface area (Å²) in [7, 11) is 3.25. The zero-order valence-electron chi connectivity index (χ0n) is 22.0. The second-order valence-electron chi connectivity index (χ2n) is 9.28. The molecule has 1 N–H and O–H groups in total. The summed E-state index contributed by atoms with van der Waals surface area (Å²) in [5.74, 6) is 1.33. The molecule has 0 atom stereocenters. The predicted molar refractivity (Wildman–Crippen MR) is 143 cm³/mol. The Bertz CT molecular complexity index is 1210. The van der Waals surface area contributed by atoms with Gasteiger partial charge in [0.25, 0.3) is 5.91 Å². The van der Waals surface area contributed by atoms with Gasteiger partial charge in [0.15, 0.2) is 11.5 Å². The molecule has 1 aliphatic rings. The van der Waals surface area contributed by atoms with Gasteiger partial charge in [-0.15, -0.1) is 0 Å². The number of anilines is 1. The maximum Gasteiger partial charge on any atom is 0.268 e. The van der Waals surface area contributed by atoms with Gasteiger partial charge in [-0.2, -0.15) is 0 Å². The van der Waals surface area contributed by atoms with Gasteiger partial charge in [0, 0.05) is 37.4 Å². The fourth-order valence-electron chi connectivity index (χ4n) is 5.06. The number of nitrogens with one attached hydrogen (secondary N) is 1. The monoisotopic (exact) mass is 491 g/mol. The second-order valence-corrected chi connectivity index (χ2v) is 9.28. The highest BCUT2D eigenvalue weighted by Crippen LogP contribution is 2.32. The highest BCUT2D eigenvalue weighted by atomic mass is 16.5. The number of methoxy groups -OCH3 is 2. The van der Waals surface area contributed by atoms with E-state index in [4.69, 9.17) is 14.2 Å². The lowest BCUT2D eigenvalue weighted by Gasteiger charge is -2.29. The number of aromatic nitrogens is 1. The highest BCUT2D eigenvalue weighted by molar-refractivity contribution is 5.96. The number of carbonyl (C=O) groups is 1. The van der Waals surface area contributed by atoms with Crippen molar-refractivity contribution in [2.24, 2.45) is 0 Å². The molecule has 2 heterocycles. The highest BCUT2D eigenvalue weighted by Gasteiger charge is 2.27. The summed E-state index contributed by atoms with van der Waals surface area (Å²) in [6.45, 7) is 10.5. The van der Waals surface area contributed by atoms with Crippen LogP contribution in [-0.2, 0) is 17.7 Å². The summed E-state index contributed by atoms with van der Waals surface area (Å²) >= 11 is 0. The van der Waals surface area contributed by atoms with E-state index in [0.717, 1.165) is 41.3 Å². The van der Waals surface area contributed by atoms with E-state index in [1.807, 2.05) is 18.2 Å². The SMILES string of the molecule is COc1ccc(CCNC(=O)c2c(C)c(N3CCOCC3)c(C)n2Cc2cccc(C)c2)cc1OC. The van der Waals surface area contributed by atoms with E-state index in [2.05, 4.69) is 59.8 Å². The van der Waals surface area contributed by atoms with Gasteiger partial charge in [0.2, 0.25) is 0 Å². The molecule has 1 amide bonds. The van der Waals surface area contributed by atoms with Crippen LogP contribution < -0.4 is 19.7 Å². The Morgan fingerprint density at radius 2 is 1.72 bits per heavy atom. The van der Waals surface area contributed by atoms with E-state index in [1.165, 1.54) is 11.1 Å². The Labute approximate surface area is 214 Å². The van der Waals surface area contributed by atoms with Crippen LogP contribution in [0.2, 0.25) is 0 Å². The average Bonchev–Trinajstić information content (AvgIpc) is 3.13. The lowest BCUT2D eigenvalue weighted by Crippen LogP contribution is -2.36. The molecule has 0 saturated carbocycles. The second kappa shape index (κ2) is 11.5. The molecule has 0 spiro atoms. The smallest absolute Gasteiger partial charge is 0.268 e. The Hall–Kier alpha value is -3.45. The van der Waals surface area contributed by atoms with Crippen LogP contribution in [0.5, 0.6) is 11.5 Å². The molecule has 0 bridgehead atoms. The largest absolute Gasteiger partial charge is 0.493 e. The summed E-state index contributed by atoms with van der Waals surface area (Å²) in [6.07, 6.45) is 0.693. The molecule has 192 valence electrons. The molecule has 0 aliphatic carbocycles. The summed E-state index contributed by atoms with van der Waals surface area (Å²) < 4.78 is 18.5. The fourth-order valence-corrected chi connectivity index (χ4v) is 5.06. The van der Waals surface area contributed by atoms with Crippen LogP contribution in [0.4, 0.5) is 5.69 Å². The Kier molecular flexibility index (Phi) is 8.21. The number of amides is 1. The Morgan fingerprint density at radius 1 is 0.972 bits per heavy atom. The van der Waals surface area contributed by atoms with Gasteiger partial charge in [-0.05, 0) is 50.5 Å². The zero-order valence-corrected chi connectivity index (χ0v) is 22.0. The third kappa shape index (κ3) is 5.51. The maximum absolute atomic E-state index is 13.6. The topological polar surface area (TPSA) is 65.0 Å². The summed E-state index contributed by atoms with van der Waals surface area (Å²) in [6, 6.07) is 14.3. The number of aryl methyl sites for hydroxylation is 1. The maximum atomic E-state index is 13.6. The van der Waals surface area contributed by atoms with Crippen molar-refractivity contribution in [2.45, 2.75) is 33.7 Å². The number of benzene rings is 2. The van der Waals surface area contributed by atoms with E-state index < -0.39 is 0 Å². The number of nitrogens with zero attached hydrogens (tertiary/aromatic N) is 2. The summed E-state index contributed by atoms with van der Waals surface area (Å²) in [5, 5.41) is 3.16. The van der Waals surface area contributed by atoms with Crippen molar-refractivity contribution in [3.63, 3.8) is 0 Å². The van der Waals surface area contributed by atoms with Crippen LogP contribution in [0.1, 0.15) is 38.4 Å². The van der Waals surface area contributed by atoms with Crippen molar-refractivity contribution in [3.05, 3.63) is 76.1 Å². The third-order valence-electron chi connectivity index (χ3n) is 6.84. The number of morpholine rings is 1. The number of hydrogen-bond acceptors (Lipinski definition) is 5. The van der Waals surface area contributed by atoms with E-state index >= 15 is 0 Å². The Morgan fingerprint density at radius 3 is 2.42 bits per heavy atom. The van der Waals surface area contributed by atoms with Gasteiger partial charge in [0.1, 0.15) is 5.69 Å². The molecular formula is C29H37N3O4. The molecule has 4 rings (SSSR count). The van der Waals surface area contributed by atoms with Gasteiger partial charge < -0.3 is 29.0 Å². The molecular weight excluding hydrogens is 454 g/mol. The zero-order chi connectivity index (χ0) is 25.7. The third-order valence-corrected chi connectivity index (χ3v) is 6.84. The van der Waals surface area contributed by atoms with Crippen LogP contribution in [0.3, 0.4) is 0 Å². The van der Waals surface area contributed by atoms with Crippen molar-refractivity contribution in [1.29, 1.82) is 0 Å². The molecule has 7 heteroatoms. The van der Waals surface area contributed by atoms with Gasteiger partial charge in [-0.25, -0.2) is 0 Å². The molecule has 0 unspecified atom stereocenters. The summed E-state index contributed by atoms with van der Waals surface area (Å²) in [5.41, 5.74) is 7.47. The van der Waals surface area contributed by atoms with Crippen molar-refractivity contribution in [1.82, 2.24) is 9.88 Å². The molecule has 1 saturated heterocycles.